The van der Waals surface area contributed by atoms with Crippen molar-refractivity contribution in [3.05, 3.63) is 48.4 Å². The SMILES string of the molecule is CCNc1cccnc1S(=O)(=O)NCc1ccncc1. The van der Waals surface area contributed by atoms with E-state index < -0.39 is 10.0 Å². The van der Waals surface area contributed by atoms with Gasteiger partial charge in [-0.3, -0.25) is 4.98 Å². The topological polar surface area (TPSA) is 84.0 Å². The molecule has 0 amide bonds. The highest BCUT2D eigenvalue weighted by molar-refractivity contribution is 7.89. The van der Waals surface area contributed by atoms with Crippen molar-refractivity contribution in [1.29, 1.82) is 0 Å². The highest BCUT2D eigenvalue weighted by atomic mass is 32.2. The van der Waals surface area contributed by atoms with Gasteiger partial charge in [-0.2, -0.15) is 0 Å². The predicted molar refractivity (Wildman–Crippen MR) is 76.7 cm³/mol. The van der Waals surface area contributed by atoms with E-state index in [0.29, 0.717) is 12.2 Å². The summed E-state index contributed by atoms with van der Waals surface area (Å²) in [7, 11) is -3.66. The van der Waals surface area contributed by atoms with Crippen molar-refractivity contribution in [2.75, 3.05) is 11.9 Å². The molecule has 0 saturated heterocycles. The highest BCUT2D eigenvalue weighted by Gasteiger charge is 2.19. The number of hydrogen-bond acceptors (Lipinski definition) is 5. The first-order valence-electron chi connectivity index (χ1n) is 6.21. The van der Waals surface area contributed by atoms with Crippen molar-refractivity contribution < 1.29 is 8.42 Å². The standard InChI is InChI=1S/C13H16N4O2S/c1-2-15-12-4-3-7-16-13(12)20(18,19)17-10-11-5-8-14-9-6-11/h3-9,15,17H,2,10H2,1H3. The third kappa shape index (κ3) is 3.52. The van der Waals surface area contributed by atoms with Gasteiger partial charge in [0.25, 0.3) is 10.0 Å². The first-order chi connectivity index (χ1) is 9.63. The molecule has 2 heterocycles. The van der Waals surface area contributed by atoms with E-state index in [1.165, 1.54) is 6.20 Å². The van der Waals surface area contributed by atoms with E-state index in [-0.39, 0.29) is 11.6 Å². The molecule has 0 saturated carbocycles. The normalized spacial score (nSPS) is 11.2. The molecule has 0 aliphatic carbocycles. The van der Waals surface area contributed by atoms with Crippen LogP contribution in [0.5, 0.6) is 0 Å². The predicted octanol–water partition coefficient (Wildman–Crippen LogP) is 1.39. The molecule has 0 aliphatic heterocycles. The largest absolute Gasteiger partial charge is 0.383 e. The molecule has 0 fully saturated rings. The maximum Gasteiger partial charge on any atom is 0.260 e. The smallest absolute Gasteiger partial charge is 0.260 e. The van der Waals surface area contributed by atoms with E-state index in [9.17, 15) is 8.42 Å². The van der Waals surface area contributed by atoms with Crippen LogP contribution in [0.3, 0.4) is 0 Å². The summed E-state index contributed by atoms with van der Waals surface area (Å²) in [6.45, 7) is 2.72. The molecule has 0 spiro atoms. The van der Waals surface area contributed by atoms with Gasteiger partial charge >= 0.3 is 0 Å². The van der Waals surface area contributed by atoms with Gasteiger partial charge < -0.3 is 5.32 Å². The lowest BCUT2D eigenvalue weighted by molar-refractivity contribution is 0.578. The fraction of sp³-hybridized carbons (Fsp3) is 0.231. The molecule has 2 rings (SSSR count). The third-order valence-electron chi connectivity index (χ3n) is 2.61. The Labute approximate surface area is 118 Å². The van der Waals surface area contributed by atoms with Crippen LogP contribution in [0.25, 0.3) is 0 Å². The van der Waals surface area contributed by atoms with Crippen LogP contribution in [-0.2, 0) is 16.6 Å². The monoisotopic (exact) mass is 292 g/mol. The molecule has 2 N–H and O–H groups in total. The molecule has 0 unspecified atom stereocenters. The van der Waals surface area contributed by atoms with Crippen molar-refractivity contribution in [3.8, 4) is 0 Å². The lowest BCUT2D eigenvalue weighted by Crippen LogP contribution is -2.25. The van der Waals surface area contributed by atoms with Crippen molar-refractivity contribution in [1.82, 2.24) is 14.7 Å². The Morgan fingerprint density at radius 3 is 2.60 bits per heavy atom. The van der Waals surface area contributed by atoms with E-state index >= 15 is 0 Å². The maximum atomic E-state index is 12.3. The Morgan fingerprint density at radius 2 is 1.90 bits per heavy atom. The van der Waals surface area contributed by atoms with Gasteiger partial charge in [0.15, 0.2) is 5.03 Å². The summed E-state index contributed by atoms with van der Waals surface area (Å²) in [6, 6.07) is 6.90. The van der Waals surface area contributed by atoms with Crippen molar-refractivity contribution in [3.63, 3.8) is 0 Å². The summed E-state index contributed by atoms with van der Waals surface area (Å²) in [6.07, 6.45) is 4.70. The van der Waals surface area contributed by atoms with Gasteiger partial charge in [-0.15, -0.1) is 0 Å². The lowest BCUT2D eigenvalue weighted by Gasteiger charge is -2.11. The van der Waals surface area contributed by atoms with Gasteiger partial charge in [-0.05, 0) is 36.8 Å². The zero-order chi connectivity index (χ0) is 14.4. The average molecular weight is 292 g/mol. The Bertz CT molecular complexity index is 659. The summed E-state index contributed by atoms with van der Waals surface area (Å²) in [5, 5.41) is 3.00. The molecule has 0 radical (unpaired) electrons. The van der Waals surface area contributed by atoms with Crippen LogP contribution >= 0.6 is 0 Å². The second kappa shape index (κ2) is 6.44. The van der Waals surface area contributed by atoms with E-state index in [2.05, 4.69) is 20.0 Å². The van der Waals surface area contributed by atoms with Crippen LogP contribution in [0, 0.1) is 0 Å². The Kier molecular flexibility index (Phi) is 4.65. The molecule has 20 heavy (non-hydrogen) atoms. The van der Waals surface area contributed by atoms with Crippen molar-refractivity contribution in [2.24, 2.45) is 0 Å². The Morgan fingerprint density at radius 1 is 1.15 bits per heavy atom. The molecule has 0 bridgehead atoms. The Balaban J connectivity index is 2.18. The summed E-state index contributed by atoms with van der Waals surface area (Å²) in [5.74, 6) is 0. The van der Waals surface area contributed by atoms with Crippen LogP contribution in [0.2, 0.25) is 0 Å². The number of sulfonamides is 1. The van der Waals surface area contributed by atoms with Crippen molar-refractivity contribution >= 4 is 15.7 Å². The van der Waals surface area contributed by atoms with Crippen LogP contribution < -0.4 is 10.0 Å². The zero-order valence-corrected chi connectivity index (χ0v) is 11.9. The summed E-state index contributed by atoms with van der Waals surface area (Å²) >= 11 is 0. The van der Waals surface area contributed by atoms with E-state index in [1.807, 2.05) is 6.92 Å². The Hall–Kier alpha value is -1.99. The average Bonchev–Trinajstić information content (AvgIpc) is 2.47. The van der Waals surface area contributed by atoms with Gasteiger partial charge in [0.2, 0.25) is 0 Å². The summed E-state index contributed by atoms with van der Waals surface area (Å²) < 4.78 is 27.1. The number of rotatable bonds is 6. The first-order valence-corrected chi connectivity index (χ1v) is 7.69. The fourth-order valence-electron chi connectivity index (χ4n) is 1.68. The maximum absolute atomic E-state index is 12.3. The first kappa shape index (κ1) is 14.4. The van der Waals surface area contributed by atoms with Crippen molar-refractivity contribution in [2.45, 2.75) is 18.5 Å². The zero-order valence-electron chi connectivity index (χ0n) is 11.1. The quantitative estimate of drug-likeness (QED) is 0.840. The second-order valence-corrected chi connectivity index (χ2v) is 5.75. The van der Waals surface area contributed by atoms with Crippen LogP contribution in [0.1, 0.15) is 12.5 Å². The van der Waals surface area contributed by atoms with E-state index in [0.717, 1.165) is 5.56 Å². The molecule has 0 atom stereocenters. The molecular formula is C13H16N4O2S. The van der Waals surface area contributed by atoms with Gasteiger partial charge in [0, 0.05) is 31.7 Å². The van der Waals surface area contributed by atoms with E-state index in [1.54, 1.807) is 36.7 Å². The number of aromatic nitrogens is 2. The van der Waals surface area contributed by atoms with Gasteiger partial charge in [-0.1, -0.05) is 0 Å². The van der Waals surface area contributed by atoms with E-state index in [4.69, 9.17) is 0 Å². The third-order valence-corrected chi connectivity index (χ3v) is 3.97. The van der Waals surface area contributed by atoms with Crippen LogP contribution in [-0.4, -0.2) is 24.9 Å². The highest BCUT2D eigenvalue weighted by Crippen LogP contribution is 2.17. The summed E-state index contributed by atoms with van der Waals surface area (Å²) in [5.41, 5.74) is 1.33. The molecule has 2 aromatic heterocycles. The number of hydrogen-bond donors (Lipinski definition) is 2. The molecule has 2 aromatic rings. The number of nitrogens with zero attached hydrogens (tertiary/aromatic N) is 2. The fourth-order valence-corrected chi connectivity index (χ4v) is 2.80. The van der Waals surface area contributed by atoms with Crippen LogP contribution in [0.15, 0.2) is 47.9 Å². The number of nitrogens with one attached hydrogen (secondary N) is 2. The van der Waals surface area contributed by atoms with Gasteiger partial charge in [-0.25, -0.2) is 18.1 Å². The minimum atomic E-state index is -3.66. The van der Waals surface area contributed by atoms with Crippen LogP contribution in [0.4, 0.5) is 5.69 Å². The lowest BCUT2D eigenvalue weighted by atomic mass is 10.3. The second-order valence-electron chi connectivity index (χ2n) is 4.07. The number of anilines is 1. The molecular weight excluding hydrogens is 276 g/mol. The molecule has 106 valence electrons. The molecule has 6 nitrogen and oxygen atoms in total. The minimum absolute atomic E-state index is 0.0101. The molecule has 0 aromatic carbocycles. The summed E-state index contributed by atoms with van der Waals surface area (Å²) in [4.78, 5) is 7.84. The van der Waals surface area contributed by atoms with Gasteiger partial charge in [0.05, 0.1) is 5.69 Å². The molecule has 0 aliphatic rings. The minimum Gasteiger partial charge on any atom is -0.383 e. The number of pyridine rings is 2. The molecule has 7 heteroatoms. The van der Waals surface area contributed by atoms with Gasteiger partial charge in [0.1, 0.15) is 0 Å².